The van der Waals surface area contributed by atoms with Crippen LogP contribution < -0.4 is 10.2 Å². The first-order chi connectivity index (χ1) is 15.0. The van der Waals surface area contributed by atoms with Crippen molar-refractivity contribution in [2.45, 2.75) is 17.3 Å². The Bertz CT molecular complexity index is 1110. The summed E-state index contributed by atoms with van der Waals surface area (Å²) in [6.07, 6.45) is 4.61. The number of benzene rings is 1. The molecule has 1 amide bonds. The van der Waals surface area contributed by atoms with Gasteiger partial charge in [0.15, 0.2) is 0 Å². The number of hydrogen-bond donors (Lipinski definition) is 1. The van der Waals surface area contributed by atoms with E-state index in [9.17, 15) is 14.9 Å². The standard InChI is InChI=1S/C19H17BrN6O4S/c1-30-16-6-5-13(8-14(16)12-31-18-4-2-3-7-21-18)9-22-23-17(27)11-25-10-15(20)19(24-25)26(28)29/h2-10H,11-12H2,1H3,(H,23,27)/b22-9+. The number of carbonyl (C=O) groups is 1. The molecule has 0 bridgehead atoms. The van der Waals surface area contributed by atoms with Crippen LogP contribution in [0.2, 0.25) is 0 Å². The van der Waals surface area contributed by atoms with E-state index in [0.29, 0.717) is 5.75 Å². The van der Waals surface area contributed by atoms with Crippen LogP contribution in [0.15, 0.2) is 63.4 Å². The van der Waals surface area contributed by atoms with Crippen LogP contribution in [0.3, 0.4) is 0 Å². The van der Waals surface area contributed by atoms with Gasteiger partial charge >= 0.3 is 5.82 Å². The molecule has 0 radical (unpaired) electrons. The van der Waals surface area contributed by atoms with Gasteiger partial charge in [0.1, 0.15) is 16.8 Å². The summed E-state index contributed by atoms with van der Waals surface area (Å²) < 4.78 is 6.77. The number of halogens is 1. The van der Waals surface area contributed by atoms with Crippen molar-refractivity contribution in [1.82, 2.24) is 20.2 Å². The molecule has 3 rings (SSSR count). The van der Waals surface area contributed by atoms with E-state index in [-0.39, 0.29) is 16.8 Å². The fourth-order valence-corrected chi connectivity index (χ4v) is 3.83. The Morgan fingerprint density at radius 2 is 2.26 bits per heavy atom. The van der Waals surface area contributed by atoms with E-state index < -0.39 is 10.8 Å². The zero-order valence-corrected chi connectivity index (χ0v) is 18.7. The van der Waals surface area contributed by atoms with E-state index in [0.717, 1.165) is 26.6 Å². The van der Waals surface area contributed by atoms with Crippen molar-refractivity contribution in [3.63, 3.8) is 0 Å². The molecule has 0 unspecified atom stereocenters. The maximum Gasteiger partial charge on any atom is 0.404 e. The monoisotopic (exact) mass is 504 g/mol. The molecule has 0 saturated heterocycles. The molecule has 12 heteroatoms. The van der Waals surface area contributed by atoms with Crippen LogP contribution in [-0.2, 0) is 17.1 Å². The van der Waals surface area contributed by atoms with Crippen molar-refractivity contribution >= 4 is 45.6 Å². The molecule has 0 spiro atoms. The third-order valence-electron chi connectivity index (χ3n) is 3.90. The number of methoxy groups -OCH3 is 1. The Morgan fingerprint density at radius 3 is 2.94 bits per heavy atom. The number of hydrogen-bond acceptors (Lipinski definition) is 8. The van der Waals surface area contributed by atoms with Crippen LogP contribution >= 0.6 is 27.7 Å². The SMILES string of the molecule is COc1ccc(/C=N/NC(=O)Cn2cc(Br)c([N+](=O)[O-])n2)cc1CSc1ccccn1. The molecule has 160 valence electrons. The van der Waals surface area contributed by atoms with Crippen LogP contribution in [0.5, 0.6) is 5.75 Å². The summed E-state index contributed by atoms with van der Waals surface area (Å²) in [5.41, 5.74) is 4.12. The Kier molecular flexibility index (Phi) is 7.73. The molecule has 2 aromatic heterocycles. The molecule has 0 atom stereocenters. The molecule has 1 aromatic carbocycles. The summed E-state index contributed by atoms with van der Waals surface area (Å²) in [4.78, 5) is 26.5. The minimum absolute atomic E-state index is 0.197. The number of nitrogens with one attached hydrogen (secondary N) is 1. The summed E-state index contributed by atoms with van der Waals surface area (Å²) >= 11 is 4.61. The van der Waals surface area contributed by atoms with Crippen molar-refractivity contribution in [2.24, 2.45) is 5.10 Å². The van der Waals surface area contributed by atoms with E-state index >= 15 is 0 Å². The first-order valence-corrected chi connectivity index (χ1v) is 10.6. The molecule has 0 aliphatic heterocycles. The zero-order chi connectivity index (χ0) is 22.2. The number of pyridine rings is 1. The average molecular weight is 505 g/mol. The highest BCUT2D eigenvalue weighted by atomic mass is 79.9. The molecule has 0 saturated carbocycles. The van der Waals surface area contributed by atoms with Gasteiger partial charge in [0.2, 0.25) is 0 Å². The van der Waals surface area contributed by atoms with Crippen LogP contribution in [0.1, 0.15) is 11.1 Å². The van der Waals surface area contributed by atoms with E-state index in [4.69, 9.17) is 4.74 Å². The highest BCUT2D eigenvalue weighted by molar-refractivity contribution is 9.10. The Morgan fingerprint density at radius 1 is 1.42 bits per heavy atom. The Balaban J connectivity index is 1.60. The number of nitro groups is 1. The van der Waals surface area contributed by atoms with Gasteiger partial charge in [-0.1, -0.05) is 6.07 Å². The molecular weight excluding hydrogens is 488 g/mol. The van der Waals surface area contributed by atoms with Gasteiger partial charge in [0.25, 0.3) is 5.91 Å². The van der Waals surface area contributed by atoms with E-state index in [1.54, 1.807) is 25.1 Å². The predicted octanol–water partition coefficient (Wildman–Crippen LogP) is 3.40. The molecule has 0 aliphatic carbocycles. The van der Waals surface area contributed by atoms with Gasteiger partial charge < -0.3 is 14.9 Å². The molecular formula is C19H17BrN6O4S. The van der Waals surface area contributed by atoms with Crippen molar-refractivity contribution in [3.8, 4) is 5.75 Å². The van der Waals surface area contributed by atoms with Gasteiger partial charge in [-0.05, 0) is 56.7 Å². The van der Waals surface area contributed by atoms with Crippen LogP contribution in [0.4, 0.5) is 5.82 Å². The van der Waals surface area contributed by atoms with Gasteiger partial charge in [-0.15, -0.1) is 11.8 Å². The lowest BCUT2D eigenvalue weighted by Gasteiger charge is -2.09. The highest BCUT2D eigenvalue weighted by Gasteiger charge is 2.19. The molecule has 10 nitrogen and oxygen atoms in total. The van der Waals surface area contributed by atoms with Gasteiger partial charge in [-0.3, -0.25) is 4.79 Å². The third-order valence-corrected chi connectivity index (χ3v) is 5.45. The van der Waals surface area contributed by atoms with Crippen LogP contribution in [-0.4, -0.2) is 38.9 Å². The lowest BCUT2D eigenvalue weighted by Crippen LogP contribution is -2.23. The molecule has 1 N–H and O–H groups in total. The van der Waals surface area contributed by atoms with Crippen molar-refractivity contribution < 1.29 is 14.5 Å². The number of thioether (sulfide) groups is 1. The maximum absolute atomic E-state index is 12.0. The van der Waals surface area contributed by atoms with Crippen LogP contribution in [0.25, 0.3) is 0 Å². The lowest BCUT2D eigenvalue weighted by molar-refractivity contribution is -0.390. The normalized spacial score (nSPS) is 10.9. The summed E-state index contributed by atoms with van der Waals surface area (Å²) in [5.74, 6) is 0.572. The van der Waals surface area contributed by atoms with Crippen LogP contribution in [0, 0.1) is 10.1 Å². The van der Waals surface area contributed by atoms with E-state index in [1.165, 1.54) is 12.4 Å². The number of hydrazone groups is 1. The number of amides is 1. The molecule has 0 fully saturated rings. The first-order valence-electron chi connectivity index (χ1n) is 8.86. The second kappa shape index (κ2) is 10.7. The molecule has 2 heterocycles. The number of carbonyl (C=O) groups excluding carboxylic acids is 1. The quantitative estimate of drug-likeness (QED) is 0.205. The lowest BCUT2D eigenvalue weighted by atomic mass is 10.1. The second-order valence-electron chi connectivity index (χ2n) is 6.08. The predicted molar refractivity (Wildman–Crippen MR) is 119 cm³/mol. The second-order valence-corrected chi connectivity index (χ2v) is 7.93. The minimum Gasteiger partial charge on any atom is -0.496 e. The summed E-state index contributed by atoms with van der Waals surface area (Å²) in [6, 6.07) is 11.3. The van der Waals surface area contributed by atoms with E-state index in [2.05, 4.69) is 36.5 Å². The summed E-state index contributed by atoms with van der Waals surface area (Å²) in [6.45, 7) is -0.210. The Hall–Kier alpha value is -3.25. The average Bonchev–Trinajstić information content (AvgIpc) is 3.13. The summed E-state index contributed by atoms with van der Waals surface area (Å²) in [7, 11) is 1.61. The Labute approximate surface area is 190 Å². The summed E-state index contributed by atoms with van der Waals surface area (Å²) in [5, 5.41) is 19.4. The topological polar surface area (TPSA) is 125 Å². The largest absolute Gasteiger partial charge is 0.496 e. The third kappa shape index (κ3) is 6.36. The van der Waals surface area contributed by atoms with Gasteiger partial charge in [0, 0.05) is 17.5 Å². The smallest absolute Gasteiger partial charge is 0.404 e. The van der Waals surface area contributed by atoms with Crippen molar-refractivity contribution in [2.75, 3.05) is 7.11 Å². The fraction of sp³-hybridized carbons (Fsp3) is 0.158. The molecule has 3 aromatic rings. The number of rotatable bonds is 9. The molecule has 31 heavy (non-hydrogen) atoms. The fourth-order valence-electron chi connectivity index (χ4n) is 2.53. The first kappa shape index (κ1) is 22.4. The van der Waals surface area contributed by atoms with Gasteiger partial charge in [-0.25, -0.2) is 10.4 Å². The number of aromatic nitrogens is 3. The van der Waals surface area contributed by atoms with Crippen molar-refractivity contribution in [3.05, 3.63) is 74.5 Å². The molecule has 0 aliphatic rings. The minimum atomic E-state index is -0.635. The van der Waals surface area contributed by atoms with Gasteiger partial charge in [-0.2, -0.15) is 9.78 Å². The zero-order valence-electron chi connectivity index (χ0n) is 16.3. The van der Waals surface area contributed by atoms with E-state index in [1.807, 2.05) is 36.4 Å². The number of ether oxygens (including phenoxy) is 1. The van der Waals surface area contributed by atoms with Crippen molar-refractivity contribution in [1.29, 1.82) is 0 Å². The maximum atomic E-state index is 12.0. The number of nitrogens with zero attached hydrogens (tertiary/aromatic N) is 5. The highest BCUT2D eigenvalue weighted by Crippen LogP contribution is 2.27. The van der Waals surface area contributed by atoms with Gasteiger partial charge in [0.05, 0.1) is 29.6 Å².